The fraction of sp³-hybridized carbons (Fsp3) is 0. The highest BCUT2D eigenvalue weighted by Gasteiger charge is 2.19. The zero-order valence-corrected chi connectivity index (χ0v) is 21.3. The fourth-order valence-electron chi connectivity index (χ4n) is 4.74. The minimum atomic E-state index is 0.286. The second-order valence-electron chi connectivity index (χ2n) is 8.75. The van der Waals surface area contributed by atoms with Gasteiger partial charge in [0.25, 0.3) is 0 Å². The Hall–Kier alpha value is -4.39. The van der Waals surface area contributed by atoms with Crippen molar-refractivity contribution in [3.05, 3.63) is 146 Å². The molecule has 0 amide bonds. The van der Waals surface area contributed by atoms with Gasteiger partial charge in [0.2, 0.25) is 0 Å². The maximum absolute atomic E-state index is 4.95. The Labute approximate surface area is 219 Å². The van der Waals surface area contributed by atoms with Crippen LogP contribution < -0.4 is 10.9 Å². The Bertz CT molecular complexity index is 1490. The lowest BCUT2D eigenvalue weighted by Crippen LogP contribution is -2.16. The molecule has 2 aromatic heterocycles. The third kappa shape index (κ3) is 4.85. The van der Waals surface area contributed by atoms with Crippen LogP contribution in [-0.2, 0) is 0 Å². The number of benzene rings is 4. The molecule has 0 saturated heterocycles. The lowest BCUT2D eigenvalue weighted by Gasteiger charge is -2.18. The highest BCUT2D eigenvalue weighted by atomic mass is 31.1. The summed E-state index contributed by atoms with van der Waals surface area (Å²) in [5.74, 6) is 0. The molecule has 0 bridgehead atoms. The number of rotatable bonds is 6. The van der Waals surface area contributed by atoms with E-state index in [0.717, 1.165) is 22.0 Å². The van der Waals surface area contributed by atoms with Gasteiger partial charge in [-0.3, -0.25) is 9.97 Å². The molecule has 0 radical (unpaired) electrons. The molecule has 0 aliphatic carbocycles. The van der Waals surface area contributed by atoms with Gasteiger partial charge >= 0.3 is 0 Å². The molecule has 2 nitrogen and oxygen atoms in total. The van der Waals surface area contributed by atoms with E-state index in [1.54, 1.807) is 0 Å². The van der Waals surface area contributed by atoms with Crippen molar-refractivity contribution >= 4 is 19.5 Å². The van der Waals surface area contributed by atoms with E-state index >= 15 is 0 Å². The lowest BCUT2D eigenvalue weighted by atomic mass is 9.96. The van der Waals surface area contributed by atoms with Gasteiger partial charge in [0.05, 0.1) is 10.9 Å². The molecule has 0 N–H and O–H groups in total. The summed E-state index contributed by atoms with van der Waals surface area (Å²) in [7, 11) is 0.286. The molecule has 0 spiro atoms. The van der Waals surface area contributed by atoms with Crippen LogP contribution in [0.4, 0.5) is 0 Å². The smallest absolute Gasteiger partial charge is 0.0745 e. The number of hydrogen-bond donors (Lipinski definition) is 0. The third-order valence-corrected chi connectivity index (χ3v) is 7.67. The van der Waals surface area contributed by atoms with E-state index in [-0.39, 0.29) is 8.58 Å². The summed E-state index contributed by atoms with van der Waals surface area (Å²) >= 11 is 0. The van der Waals surface area contributed by atoms with Crippen LogP contribution in [0.5, 0.6) is 0 Å². The largest absolute Gasteiger partial charge is 0.256 e. The number of hydrogen-bond acceptors (Lipinski definition) is 2. The Morgan fingerprint density at radius 1 is 0.351 bits per heavy atom. The first-order valence-corrected chi connectivity index (χ1v) is 13.4. The molecular formula is C34H25N2P. The third-order valence-electron chi connectivity index (χ3n) is 6.43. The van der Waals surface area contributed by atoms with Crippen molar-refractivity contribution < 1.29 is 0 Å². The lowest BCUT2D eigenvalue weighted by molar-refractivity contribution is 1.37. The van der Waals surface area contributed by atoms with E-state index in [0.29, 0.717) is 0 Å². The first-order chi connectivity index (χ1) is 18.4. The maximum atomic E-state index is 4.95. The van der Waals surface area contributed by atoms with Crippen molar-refractivity contribution in [2.75, 3.05) is 0 Å². The van der Waals surface area contributed by atoms with Crippen molar-refractivity contribution in [1.82, 2.24) is 9.97 Å². The Morgan fingerprint density at radius 2 is 0.676 bits per heavy atom. The van der Waals surface area contributed by atoms with Crippen molar-refractivity contribution in [1.29, 1.82) is 0 Å². The zero-order valence-electron chi connectivity index (χ0n) is 20.3. The van der Waals surface area contributed by atoms with E-state index in [1.165, 1.54) is 33.4 Å². The highest BCUT2D eigenvalue weighted by Crippen LogP contribution is 2.36. The molecular weight excluding hydrogens is 467 g/mol. The Morgan fingerprint density at radius 3 is 1.03 bits per heavy atom. The zero-order chi connectivity index (χ0) is 24.9. The van der Waals surface area contributed by atoms with Crippen LogP contribution >= 0.6 is 8.58 Å². The van der Waals surface area contributed by atoms with E-state index in [1.807, 2.05) is 12.4 Å². The molecule has 0 unspecified atom stereocenters. The monoisotopic (exact) mass is 492 g/mol. The normalized spacial score (nSPS) is 10.8. The maximum Gasteiger partial charge on any atom is 0.0745 e. The van der Waals surface area contributed by atoms with Crippen LogP contribution in [-0.4, -0.2) is 9.97 Å². The van der Waals surface area contributed by atoms with Crippen molar-refractivity contribution in [3.63, 3.8) is 0 Å². The van der Waals surface area contributed by atoms with E-state index in [4.69, 9.17) is 9.97 Å². The van der Waals surface area contributed by atoms with Crippen molar-refractivity contribution in [2.45, 2.75) is 0 Å². The molecule has 6 aromatic rings. The topological polar surface area (TPSA) is 25.8 Å². The Balaban J connectivity index is 1.56. The Kier molecular flexibility index (Phi) is 6.66. The predicted molar refractivity (Wildman–Crippen MR) is 158 cm³/mol. The average molecular weight is 493 g/mol. The van der Waals surface area contributed by atoms with Crippen LogP contribution in [0.2, 0.25) is 0 Å². The minimum absolute atomic E-state index is 0.286. The first kappa shape index (κ1) is 23.0. The molecule has 0 aliphatic heterocycles. The molecule has 4 aromatic carbocycles. The molecule has 0 fully saturated rings. The van der Waals surface area contributed by atoms with Gasteiger partial charge in [-0.1, -0.05) is 121 Å². The number of pyridine rings is 2. The second-order valence-corrected chi connectivity index (χ2v) is 9.95. The summed E-state index contributed by atoms with van der Waals surface area (Å²) in [6.45, 7) is 0. The SMILES string of the molecule is c1ccc(-c2ccnc(Pc3nccc(-c4ccccc4)c3-c3ccccc3)c2-c2ccccc2)cc1. The summed E-state index contributed by atoms with van der Waals surface area (Å²) in [6.07, 6.45) is 3.86. The summed E-state index contributed by atoms with van der Waals surface area (Å²) in [4.78, 5) is 9.89. The fourth-order valence-corrected chi connectivity index (χ4v) is 6.05. The van der Waals surface area contributed by atoms with Gasteiger partial charge in [-0.15, -0.1) is 0 Å². The van der Waals surface area contributed by atoms with Gasteiger partial charge < -0.3 is 0 Å². The molecule has 6 rings (SSSR count). The summed E-state index contributed by atoms with van der Waals surface area (Å²) in [5.41, 5.74) is 11.5. The summed E-state index contributed by atoms with van der Waals surface area (Å²) in [6, 6.07) is 46.5. The molecule has 3 heteroatoms. The average Bonchev–Trinajstić information content (AvgIpc) is 2.99. The molecule has 2 heterocycles. The molecule has 176 valence electrons. The van der Waals surface area contributed by atoms with Crippen molar-refractivity contribution in [3.8, 4) is 44.5 Å². The van der Waals surface area contributed by atoms with Gasteiger partial charge in [0.15, 0.2) is 0 Å². The molecule has 37 heavy (non-hydrogen) atoms. The van der Waals surface area contributed by atoms with Gasteiger partial charge in [0, 0.05) is 23.5 Å². The second kappa shape index (κ2) is 10.7. The van der Waals surface area contributed by atoms with E-state index < -0.39 is 0 Å². The standard InChI is InChI=1S/C34H25N2P/c1-5-13-25(14-6-1)29-21-23-35-33(31(29)27-17-9-3-10-18-27)37-34-32(28-19-11-4-12-20-28)30(22-24-36-34)26-15-7-2-8-16-26/h1-24,37H. The van der Waals surface area contributed by atoms with Gasteiger partial charge in [-0.2, -0.15) is 0 Å². The van der Waals surface area contributed by atoms with Crippen LogP contribution in [0.1, 0.15) is 0 Å². The van der Waals surface area contributed by atoms with Gasteiger partial charge in [-0.05, 0) is 54.1 Å². The number of nitrogens with zero attached hydrogens (tertiary/aromatic N) is 2. The van der Waals surface area contributed by atoms with Gasteiger partial charge in [0.1, 0.15) is 0 Å². The number of aromatic nitrogens is 2. The molecule has 0 aliphatic rings. The van der Waals surface area contributed by atoms with Crippen LogP contribution in [0.25, 0.3) is 44.5 Å². The summed E-state index contributed by atoms with van der Waals surface area (Å²) < 4.78 is 0. The molecule has 0 saturated carbocycles. The van der Waals surface area contributed by atoms with Crippen LogP contribution in [0.3, 0.4) is 0 Å². The highest BCUT2D eigenvalue weighted by molar-refractivity contribution is 7.55. The quantitative estimate of drug-likeness (QED) is 0.222. The van der Waals surface area contributed by atoms with Crippen LogP contribution in [0.15, 0.2) is 146 Å². The molecule has 0 atom stereocenters. The minimum Gasteiger partial charge on any atom is -0.256 e. The predicted octanol–water partition coefficient (Wildman–Crippen LogP) is 7.77. The van der Waals surface area contributed by atoms with Crippen molar-refractivity contribution in [2.24, 2.45) is 0 Å². The van der Waals surface area contributed by atoms with Gasteiger partial charge in [-0.25, -0.2) is 0 Å². The van der Waals surface area contributed by atoms with E-state index in [9.17, 15) is 0 Å². The van der Waals surface area contributed by atoms with E-state index in [2.05, 4.69) is 133 Å². The summed E-state index contributed by atoms with van der Waals surface area (Å²) in [5, 5.41) is 0. The van der Waals surface area contributed by atoms with Crippen LogP contribution in [0, 0.1) is 0 Å². The first-order valence-electron chi connectivity index (χ1n) is 12.4.